The lowest BCUT2D eigenvalue weighted by atomic mass is 10.0. The van der Waals surface area contributed by atoms with Gasteiger partial charge in [-0.2, -0.15) is 0 Å². The molecule has 0 saturated carbocycles. The fourth-order valence-electron chi connectivity index (χ4n) is 1.84. The number of ether oxygens (including phenoxy) is 1. The molecule has 0 aromatic rings. The molecule has 4 heteroatoms. The lowest BCUT2D eigenvalue weighted by Gasteiger charge is -2.21. The maximum absolute atomic E-state index is 12.0. The summed E-state index contributed by atoms with van der Waals surface area (Å²) in [6, 6.07) is 0.0589. The fourth-order valence-corrected chi connectivity index (χ4v) is 3.66. The van der Waals surface area contributed by atoms with Gasteiger partial charge >= 0.3 is 0 Å². The predicted octanol–water partition coefficient (Wildman–Crippen LogP) is 1.29. The molecule has 15 heavy (non-hydrogen) atoms. The monoisotopic (exact) mass is 233 g/mol. The molecule has 5 atom stereocenters. The van der Waals surface area contributed by atoms with Crippen molar-refractivity contribution in [2.45, 2.75) is 51.0 Å². The van der Waals surface area contributed by atoms with Crippen molar-refractivity contribution in [2.24, 2.45) is 11.7 Å². The average molecular weight is 233 g/mol. The van der Waals surface area contributed by atoms with Crippen LogP contribution >= 0.6 is 0 Å². The molecule has 1 aliphatic heterocycles. The Labute approximate surface area is 95.2 Å². The molecule has 0 radical (unpaired) electrons. The van der Waals surface area contributed by atoms with Crippen molar-refractivity contribution in [1.29, 1.82) is 0 Å². The number of rotatable bonds is 5. The van der Waals surface area contributed by atoms with E-state index in [4.69, 9.17) is 10.5 Å². The molecule has 0 aromatic carbocycles. The van der Waals surface area contributed by atoms with Crippen molar-refractivity contribution in [3.8, 4) is 0 Å². The molecule has 0 aliphatic carbocycles. The van der Waals surface area contributed by atoms with E-state index in [1.54, 1.807) is 0 Å². The van der Waals surface area contributed by atoms with Gasteiger partial charge < -0.3 is 10.5 Å². The molecule has 1 saturated heterocycles. The van der Waals surface area contributed by atoms with Gasteiger partial charge in [-0.15, -0.1) is 0 Å². The Morgan fingerprint density at radius 1 is 1.60 bits per heavy atom. The third-order valence-corrected chi connectivity index (χ3v) is 5.38. The molecule has 3 nitrogen and oxygen atoms in total. The van der Waals surface area contributed by atoms with Gasteiger partial charge in [-0.25, -0.2) is 0 Å². The molecule has 0 spiro atoms. The van der Waals surface area contributed by atoms with Gasteiger partial charge in [0.05, 0.1) is 11.4 Å². The predicted molar refractivity (Wildman–Crippen MR) is 64.3 cm³/mol. The van der Waals surface area contributed by atoms with Crippen molar-refractivity contribution in [3.05, 3.63) is 0 Å². The molecular weight excluding hydrogens is 210 g/mol. The van der Waals surface area contributed by atoms with Crippen molar-refractivity contribution >= 4 is 10.8 Å². The summed E-state index contributed by atoms with van der Waals surface area (Å²) in [5.41, 5.74) is 6.01. The molecule has 2 N–H and O–H groups in total. The topological polar surface area (TPSA) is 52.3 Å². The highest BCUT2D eigenvalue weighted by molar-refractivity contribution is 7.85. The third-order valence-electron chi connectivity index (χ3n) is 3.38. The molecule has 0 bridgehead atoms. The highest BCUT2D eigenvalue weighted by Crippen LogP contribution is 2.20. The number of hydrogen-bond donors (Lipinski definition) is 1. The van der Waals surface area contributed by atoms with E-state index in [1.807, 2.05) is 6.92 Å². The Balaban J connectivity index is 2.41. The Hall–Kier alpha value is 0.0700. The second-order valence-electron chi connectivity index (χ2n) is 4.50. The summed E-state index contributed by atoms with van der Waals surface area (Å²) in [5, 5.41) is 0.195. The second kappa shape index (κ2) is 5.97. The van der Waals surface area contributed by atoms with Crippen LogP contribution < -0.4 is 5.73 Å². The van der Waals surface area contributed by atoms with Crippen molar-refractivity contribution in [3.63, 3.8) is 0 Å². The van der Waals surface area contributed by atoms with Gasteiger partial charge in [0, 0.05) is 29.2 Å². The third kappa shape index (κ3) is 3.54. The molecule has 0 aromatic heterocycles. The maximum Gasteiger partial charge on any atom is 0.0691 e. The van der Waals surface area contributed by atoms with Gasteiger partial charge in [0.1, 0.15) is 0 Å². The zero-order valence-corrected chi connectivity index (χ0v) is 10.8. The van der Waals surface area contributed by atoms with Crippen LogP contribution in [-0.2, 0) is 15.5 Å². The molecule has 1 fully saturated rings. The van der Waals surface area contributed by atoms with Crippen LogP contribution in [0.25, 0.3) is 0 Å². The molecule has 1 heterocycles. The first kappa shape index (κ1) is 13.1. The normalized spacial score (nSPS) is 32.5. The minimum atomic E-state index is -0.828. The highest BCUT2D eigenvalue weighted by atomic mass is 32.2. The minimum Gasteiger partial charge on any atom is -0.377 e. The van der Waals surface area contributed by atoms with Gasteiger partial charge in [0.15, 0.2) is 0 Å². The fraction of sp³-hybridized carbons (Fsp3) is 1.00. The largest absolute Gasteiger partial charge is 0.377 e. The highest BCUT2D eigenvalue weighted by Gasteiger charge is 2.30. The van der Waals surface area contributed by atoms with Gasteiger partial charge in [0.25, 0.3) is 0 Å². The molecule has 1 aliphatic rings. The summed E-state index contributed by atoms with van der Waals surface area (Å²) in [6.45, 7) is 6.99. The number of nitrogens with two attached hydrogens (primary N) is 1. The standard InChI is InChI=1S/C11H23NO2S/c1-4-8(2)10(12)7-15(13)11-5-6-14-9(11)3/h8-11H,4-7,12H2,1-3H3. The molecule has 90 valence electrons. The van der Waals surface area contributed by atoms with Gasteiger partial charge in [-0.1, -0.05) is 20.3 Å². The Kier molecular flexibility index (Phi) is 5.23. The quantitative estimate of drug-likeness (QED) is 0.778. The summed E-state index contributed by atoms with van der Waals surface area (Å²) < 4.78 is 17.5. The lowest BCUT2D eigenvalue weighted by Crippen LogP contribution is -2.37. The Morgan fingerprint density at radius 3 is 2.73 bits per heavy atom. The van der Waals surface area contributed by atoms with Crippen molar-refractivity contribution in [1.82, 2.24) is 0 Å². The van der Waals surface area contributed by atoms with Crippen LogP contribution in [0, 0.1) is 5.92 Å². The van der Waals surface area contributed by atoms with Crippen LogP contribution in [0.5, 0.6) is 0 Å². The Morgan fingerprint density at radius 2 is 2.27 bits per heavy atom. The van der Waals surface area contributed by atoms with Crippen LogP contribution in [0.1, 0.15) is 33.6 Å². The second-order valence-corrected chi connectivity index (χ2v) is 6.20. The van der Waals surface area contributed by atoms with E-state index in [0.29, 0.717) is 11.7 Å². The van der Waals surface area contributed by atoms with Crippen LogP contribution in [-0.4, -0.2) is 34.0 Å². The van der Waals surface area contributed by atoms with Gasteiger partial charge in [-0.3, -0.25) is 4.21 Å². The van der Waals surface area contributed by atoms with E-state index in [0.717, 1.165) is 19.4 Å². The molecular formula is C11H23NO2S. The summed E-state index contributed by atoms with van der Waals surface area (Å²) in [5.74, 6) is 1.07. The van der Waals surface area contributed by atoms with E-state index < -0.39 is 10.8 Å². The van der Waals surface area contributed by atoms with Crippen molar-refractivity contribution in [2.75, 3.05) is 12.4 Å². The summed E-state index contributed by atoms with van der Waals surface area (Å²) in [6.07, 6.45) is 2.10. The minimum absolute atomic E-state index is 0.0589. The average Bonchev–Trinajstić information content (AvgIpc) is 2.63. The van der Waals surface area contributed by atoms with E-state index >= 15 is 0 Å². The van der Waals surface area contributed by atoms with Crippen LogP contribution in [0.4, 0.5) is 0 Å². The van der Waals surface area contributed by atoms with E-state index in [-0.39, 0.29) is 17.4 Å². The summed E-state index contributed by atoms with van der Waals surface area (Å²) in [7, 11) is -0.828. The number of hydrogen-bond acceptors (Lipinski definition) is 3. The summed E-state index contributed by atoms with van der Waals surface area (Å²) in [4.78, 5) is 0. The maximum atomic E-state index is 12.0. The summed E-state index contributed by atoms with van der Waals surface area (Å²) >= 11 is 0. The van der Waals surface area contributed by atoms with Crippen LogP contribution in [0.15, 0.2) is 0 Å². The van der Waals surface area contributed by atoms with E-state index in [2.05, 4.69) is 13.8 Å². The van der Waals surface area contributed by atoms with Crippen LogP contribution in [0.3, 0.4) is 0 Å². The first-order chi connectivity index (χ1) is 7.06. The van der Waals surface area contributed by atoms with Crippen molar-refractivity contribution < 1.29 is 8.95 Å². The van der Waals surface area contributed by atoms with E-state index in [9.17, 15) is 4.21 Å². The first-order valence-electron chi connectivity index (χ1n) is 5.80. The first-order valence-corrected chi connectivity index (χ1v) is 7.18. The lowest BCUT2D eigenvalue weighted by molar-refractivity contribution is 0.127. The molecule has 5 unspecified atom stereocenters. The van der Waals surface area contributed by atoms with Crippen LogP contribution in [0.2, 0.25) is 0 Å². The zero-order chi connectivity index (χ0) is 11.4. The molecule has 0 amide bonds. The molecule has 1 rings (SSSR count). The van der Waals surface area contributed by atoms with E-state index in [1.165, 1.54) is 0 Å². The van der Waals surface area contributed by atoms with Gasteiger partial charge in [-0.05, 0) is 19.3 Å². The zero-order valence-electron chi connectivity index (χ0n) is 9.94. The Bertz CT molecular complexity index is 223. The SMILES string of the molecule is CCC(C)C(N)CS(=O)C1CCOC1C. The van der Waals surface area contributed by atoms with Gasteiger partial charge in [0.2, 0.25) is 0 Å². The smallest absolute Gasteiger partial charge is 0.0691 e.